The smallest absolute Gasteiger partial charge is 0.248 e. The van der Waals surface area contributed by atoms with E-state index in [9.17, 15) is 14.9 Å². The van der Waals surface area contributed by atoms with Crippen LogP contribution >= 0.6 is 11.3 Å². The van der Waals surface area contributed by atoms with Gasteiger partial charge in [-0.1, -0.05) is 12.5 Å². The van der Waals surface area contributed by atoms with Crippen LogP contribution in [0.5, 0.6) is 0 Å². The van der Waals surface area contributed by atoms with E-state index in [-0.39, 0.29) is 5.91 Å². The van der Waals surface area contributed by atoms with Gasteiger partial charge < -0.3 is 16.4 Å². The third-order valence-corrected chi connectivity index (χ3v) is 5.90. The third kappa shape index (κ3) is 4.29. The molecule has 0 saturated heterocycles. The molecule has 4 N–H and O–H groups in total. The zero-order valence-electron chi connectivity index (χ0n) is 15.2. The van der Waals surface area contributed by atoms with Gasteiger partial charge in [0.2, 0.25) is 11.8 Å². The van der Waals surface area contributed by atoms with E-state index in [0.717, 1.165) is 31.2 Å². The molecule has 0 fully saturated rings. The molecule has 7 heteroatoms. The van der Waals surface area contributed by atoms with E-state index in [1.807, 2.05) is 0 Å². The average molecular weight is 382 g/mol. The summed E-state index contributed by atoms with van der Waals surface area (Å²) in [5, 5.41) is 16.2. The number of benzene rings is 1. The van der Waals surface area contributed by atoms with Crippen molar-refractivity contribution < 1.29 is 9.59 Å². The molecule has 1 unspecified atom stereocenters. The summed E-state index contributed by atoms with van der Waals surface area (Å²) in [5.41, 5.74) is 8.01. The fraction of sp³-hybridized carbons (Fsp3) is 0.350. The fourth-order valence-corrected chi connectivity index (χ4v) is 4.49. The highest BCUT2D eigenvalue weighted by Crippen LogP contribution is 2.37. The molecule has 1 aromatic carbocycles. The molecule has 3 rings (SSSR count). The van der Waals surface area contributed by atoms with E-state index < -0.39 is 11.9 Å². The minimum atomic E-state index is -0.540. The Labute approximate surface area is 162 Å². The molecule has 0 radical (unpaired) electrons. The number of hydrogen-bond acceptors (Lipinski definition) is 5. The highest BCUT2D eigenvalue weighted by atomic mass is 32.1. The summed E-state index contributed by atoms with van der Waals surface area (Å²) >= 11 is 1.51. The van der Waals surface area contributed by atoms with Crippen molar-refractivity contribution in [2.24, 2.45) is 5.73 Å². The number of anilines is 2. The van der Waals surface area contributed by atoms with E-state index in [2.05, 4.69) is 16.7 Å². The van der Waals surface area contributed by atoms with Gasteiger partial charge in [0, 0.05) is 16.1 Å². The van der Waals surface area contributed by atoms with E-state index in [1.165, 1.54) is 22.6 Å². The van der Waals surface area contributed by atoms with Crippen molar-refractivity contribution >= 4 is 33.8 Å². The minimum absolute atomic E-state index is 0.229. The van der Waals surface area contributed by atoms with E-state index in [4.69, 9.17) is 5.73 Å². The molecule has 1 aliphatic rings. The number of rotatable bonds is 5. The van der Waals surface area contributed by atoms with Crippen LogP contribution in [0.3, 0.4) is 0 Å². The largest absolute Gasteiger partial charge is 0.374 e. The van der Waals surface area contributed by atoms with Crippen LogP contribution in [0.15, 0.2) is 24.3 Å². The lowest BCUT2D eigenvalue weighted by Crippen LogP contribution is -2.32. The van der Waals surface area contributed by atoms with Gasteiger partial charge >= 0.3 is 0 Å². The number of aryl methyl sites for hydroxylation is 1. The number of thiophene rings is 1. The second kappa shape index (κ2) is 8.23. The summed E-state index contributed by atoms with van der Waals surface area (Å²) in [4.78, 5) is 25.1. The number of carbonyl (C=O) groups excluding carboxylic acids is 2. The maximum absolute atomic E-state index is 12.6. The molecule has 2 amide bonds. The Hall–Kier alpha value is -2.85. The molecule has 1 atom stereocenters. The number of hydrogen-bond donors (Lipinski definition) is 3. The molecule has 27 heavy (non-hydrogen) atoms. The highest BCUT2D eigenvalue weighted by Gasteiger charge is 2.22. The van der Waals surface area contributed by atoms with Gasteiger partial charge in [-0.2, -0.15) is 5.26 Å². The Bertz CT molecular complexity index is 913. The van der Waals surface area contributed by atoms with Crippen LogP contribution in [0.2, 0.25) is 0 Å². The van der Waals surface area contributed by atoms with Crippen LogP contribution in [0.25, 0.3) is 0 Å². The van der Waals surface area contributed by atoms with Crippen molar-refractivity contribution in [3.8, 4) is 6.07 Å². The topological polar surface area (TPSA) is 108 Å². The van der Waals surface area contributed by atoms with Gasteiger partial charge in [-0.25, -0.2) is 0 Å². The quantitative estimate of drug-likeness (QED) is 0.688. The van der Waals surface area contributed by atoms with Crippen LogP contribution in [-0.4, -0.2) is 17.9 Å². The summed E-state index contributed by atoms with van der Waals surface area (Å²) < 4.78 is 0. The monoisotopic (exact) mass is 382 g/mol. The average Bonchev–Trinajstić information content (AvgIpc) is 2.81. The maximum Gasteiger partial charge on any atom is 0.248 e. The van der Waals surface area contributed by atoms with Crippen molar-refractivity contribution in [1.82, 2.24) is 0 Å². The van der Waals surface area contributed by atoms with Crippen molar-refractivity contribution in [2.45, 2.75) is 45.1 Å². The summed E-state index contributed by atoms with van der Waals surface area (Å²) in [6.07, 6.45) is 5.26. The van der Waals surface area contributed by atoms with E-state index in [0.29, 0.717) is 21.8 Å². The highest BCUT2D eigenvalue weighted by molar-refractivity contribution is 7.16. The van der Waals surface area contributed by atoms with Gasteiger partial charge in [-0.15, -0.1) is 11.3 Å². The van der Waals surface area contributed by atoms with Crippen LogP contribution in [0.1, 0.15) is 52.5 Å². The zero-order chi connectivity index (χ0) is 19.4. The standard InChI is InChI=1S/C20H22N4O2S/c1-12(23-14-7-5-6-13(10-14)18(22)25)19(26)24-20-16(11-21)15-8-3-2-4-9-17(15)27-20/h5-7,10,12,23H,2-4,8-9H2,1H3,(H2,22,25)(H,24,26). The van der Waals surface area contributed by atoms with Gasteiger partial charge in [0.1, 0.15) is 17.1 Å². The van der Waals surface area contributed by atoms with Gasteiger partial charge in [0.05, 0.1) is 5.56 Å². The molecule has 1 aliphatic carbocycles. The summed E-state index contributed by atoms with van der Waals surface area (Å²) in [5.74, 6) is -0.748. The first-order valence-electron chi connectivity index (χ1n) is 9.01. The Morgan fingerprint density at radius 3 is 2.78 bits per heavy atom. The first-order chi connectivity index (χ1) is 13.0. The predicted octanol–water partition coefficient (Wildman–Crippen LogP) is 3.43. The first-order valence-corrected chi connectivity index (χ1v) is 9.83. The van der Waals surface area contributed by atoms with Crippen molar-refractivity contribution in [1.29, 1.82) is 5.26 Å². The number of nitrogens with two attached hydrogens (primary N) is 1. The van der Waals surface area contributed by atoms with Gasteiger partial charge in [-0.3, -0.25) is 9.59 Å². The Morgan fingerprint density at radius 1 is 1.26 bits per heavy atom. The van der Waals surface area contributed by atoms with Crippen molar-refractivity contribution in [2.75, 3.05) is 10.6 Å². The SMILES string of the molecule is CC(Nc1cccc(C(N)=O)c1)C(=O)Nc1sc2c(c1C#N)CCCCC2. The molecular formula is C20H22N4O2S. The summed E-state index contributed by atoms with van der Waals surface area (Å²) in [7, 11) is 0. The lowest BCUT2D eigenvalue weighted by molar-refractivity contribution is -0.116. The second-order valence-corrected chi connectivity index (χ2v) is 7.79. The number of amides is 2. The van der Waals surface area contributed by atoms with Crippen LogP contribution in [0.4, 0.5) is 10.7 Å². The number of nitriles is 1. The van der Waals surface area contributed by atoms with Crippen LogP contribution in [-0.2, 0) is 17.6 Å². The van der Waals surface area contributed by atoms with E-state index in [1.54, 1.807) is 31.2 Å². The van der Waals surface area contributed by atoms with Gasteiger partial charge in [0.15, 0.2) is 0 Å². The number of carbonyl (C=O) groups is 2. The lowest BCUT2D eigenvalue weighted by atomic mass is 10.1. The molecule has 1 aromatic heterocycles. The number of nitrogens with zero attached hydrogens (tertiary/aromatic N) is 1. The fourth-order valence-electron chi connectivity index (χ4n) is 3.25. The van der Waals surface area contributed by atoms with Gasteiger partial charge in [-0.05, 0) is 56.4 Å². The number of primary amides is 1. The molecule has 2 aromatic rings. The van der Waals surface area contributed by atoms with Crippen molar-refractivity contribution in [3.63, 3.8) is 0 Å². The molecule has 0 spiro atoms. The number of nitrogens with one attached hydrogen (secondary N) is 2. The zero-order valence-corrected chi connectivity index (χ0v) is 16.0. The Kier molecular flexibility index (Phi) is 5.77. The molecular weight excluding hydrogens is 360 g/mol. The Balaban J connectivity index is 1.73. The number of fused-ring (bicyclic) bond motifs is 1. The molecule has 6 nitrogen and oxygen atoms in total. The summed E-state index contributed by atoms with van der Waals surface area (Å²) in [6.45, 7) is 1.73. The normalized spacial score (nSPS) is 14.4. The van der Waals surface area contributed by atoms with Gasteiger partial charge in [0.25, 0.3) is 0 Å². The molecule has 0 saturated carbocycles. The van der Waals surface area contributed by atoms with E-state index >= 15 is 0 Å². The third-order valence-electron chi connectivity index (χ3n) is 4.69. The second-order valence-electron chi connectivity index (χ2n) is 6.68. The maximum atomic E-state index is 12.6. The summed E-state index contributed by atoms with van der Waals surface area (Å²) in [6, 6.07) is 8.44. The first kappa shape index (κ1) is 18.9. The molecule has 140 valence electrons. The lowest BCUT2D eigenvalue weighted by Gasteiger charge is -2.15. The van der Waals surface area contributed by atoms with Crippen LogP contribution < -0.4 is 16.4 Å². The molecule has 0 bridgehead atoms. The molecule has 0 aliphatic heterocycles. The van der Waals surface area contributed by atoms with Crippen LogP contribution in [0, 0.1) is 11.3 Å². The minimum Gasteiger partial charge on any atom is -0.374 e. The Morgan fingerprint density at radius 2 is 2.04 bits per heavy atom. The van der Waals surface area contributed by atoms with Crippen molar-refractivity contribution in [3.05, 3.63) is 45.8 Å². The molecule has 1 heterocycles. The predicted molar refractivity (Wildman–Crippen MR) is 107 cm³/mol.